The van der Waals surface area contributed by atoms with Crippen molar-refractivity contribution in [2.24, 2.45) is 0 Å². The maximum atomic E-state index is 10.5. The number of piperazine rings is 2. The Kier molecular flexibility index (Phi) is 7.14. The average molecular weight is 537 g/mol. The molecule has 2 heterocycles. The van der Waals surface area contributed by atoms with Gasteiger partial charge >= 0.3 is 0 Å². The first kappa shape index (κ1) is 25.6. The Morgan fingerprint density at radius 3 is 1.25 bits per heavy atom. The zero-order valence-corrected chi connectivity index (χ0v) is 22.6. The predicted molar refractivity (Wildman–Crippen MR) is 165 cm³/mol. The van der Waals surface area contributed by atoms with Gasteiger partial charge in [0.15, 0.2) is 11.5 Å². The number of nitrogens with zero attached hydrogens (tertiary/aromatic N) is 4. The second-order valence-corrected chi connectivity index (χ2v) is 10.4. The normalized spacial score (nSPS) is 15.8. The Morgan fingerprint density at radius 2 is 0.825 bits per heavy atom. The lowest BCUT2D eigenvalue weighted by atomic mass is 10.2. The lowest BCUT2D eigenvalue weighted by Crippen LogP contribution is -2.46. The van der Waals surface area contributed by atoms with E-state index < -0.39 is 0 Å². The van der Waals surface area contributed by atoms with E-state index in [-0.39, 0.29) is 5.75 Å². The highest BCUT2D eigenvalue weighted by Gasteiger charge is 2.20. The van der Waals surface area contributed by atoms with Gasteiger partial charge in [0, 0.05) is 92.5 Å². The minimum atomic E-state index is 0.132. The summed E-state index contributed by atoms with van der Waals surface area (Å²) in [4.78, 5) is 9.47. The molecule has 5 N–H and O–H groups in total. The van der Waals surface area contributed by atoms with E-state index in [1.165, 1.54) is 17.1 Å². The minimum absolute atomic E-state index is 0.132. The van der Waals surface area contributed by atoms with Gasteiger partial charge in [0.25, 0.3) is 0 Å². The number of hydrogen-bond acceptors (Lipinski definition) is 8. The second kappa shape index (κ2) is 11.2. The van der Waals surface area contributed by atoms with Crippen LogP contribution >= 0.6 is 0 Å². The number of phenolic OH excluding ortho intramolecular Hbond substituents is 1. The van der Waals surface area contributed by atoms with Crippen molar-refractivity contribution >= 4 is 34.1 Å². The summed E-state index contributed by atoms with van der Waals surface area (Å²) in [6, 6.07) is 29.8. The number of rotatable bonds is 6. The summed E-state index contributed by atoms with van der Waals surface area (Å²) in [6.07, 6.45) is 0. The largest absolute Gasteiger partial charge is 0.504 e. The summed E-state index contributed by atoms with van der Waals surface area (Å²) in [5.41, 5.74) is 17.9. The van der Waals surface area contributed by atoms with Crippen molar-refractivity contribution in [3.05, 3.63) is 91.0 Å². The number of hydrogen-bond donors (Lipinski definition) is 3. The van der Waals surface area contributed by atoms with Gasteiger partial charge in [-0.3, -0.25) is 0 Å². The molecule has 2 aliphatic heterocycles. The molecule has 8 nitrogen and oxygen atoms in total. The van der Waals surface area contributed by atoms with Crippen molar-refractivity contribution in [3.8, 4) is 17.2 Å². The van der Waals surface area contributed by atoms with Gasteiger partial charge in [-0.2, -0.15) is 0 Å². The molecule has 40 heavy (non-hydrogen) atoms. The van der Waals surface area contributed by atoms with Gasteiger partial charge in [-0.1, -0.05) is 0 Å². The molecule has 0 amide bonds. The van der Waals surface area contributed by atoms with E-state index in [0.717, 1.165) is 69.4 Å². The highest BCUT2D eigenvalue weighted by molar-refractivity contribution is 5.60. The number of nitrogen functional groups attached to an aromatic ring is 2. The number of phenols is 1. The van der Waals surface area contributed by atoms with E-state index in [9.17, 15) is 5.11 Å². The van der Waals surface area contributed by atoms with Crippen LogP contribution in [0.3, 0.4) is 0 Å². The molecule has 4 aromatic rings. The molecule has 0 radical (unpaired) electrons. The van der Waals surface area contributed by atoms with E-state index in [1.807, 2.05) is 48.5 Å². The van der Waals surface area contributed by atoms with Crippen LogP contribution in [0.25, 0.3) is 0 Å². The highest BCUT2D eigenvalue weighted by atomic mass is 16.5. The van der Waals surface area contributed by atoms with E-state index in [4.69, 9.17) is 16.2 Å². The molecule has 0 bridgehead atoms. The summed E-state index contributed by atoms with van der Waals surface area (Å²) in [5.74, 6) is 1.29. The monoisotopic (exact) mass is 536 g/mol. The molecule has 2 aliphatic rings. The van der Waals surface area contributed by atoms with Gasteiger partial charge < -0.3 is 40.9 Å². The Balaban J connectivity index is 1.05. The third-order valence-electron chi connectivity index (χ3n) is 7.81. The van der Waals surface area contributed by atoms with Crippen molar-refractivity contribution in [3.63, 3.8) is 0 Å². The predicted octanol–water partition coefficient (Wildman–Crippen LogP) is 5.00. The van der Waals surface area contributed by atoms with Gasteiger partial charge in [-0.15, -0.1) is 0 Å². The van der Waals surface area contributed by atoms with Crippen LogP contribution in [0.4, 0.5) is 34.1 Å². The molecule has 0 spiro atoms. The summed E-state index contributed by atoms with van der Waals surface area (Å²) in [7, 11) is 0. The number of aromatic hydroxyl groups is 1. The summed E-state index contributed by atoms with van der Waals surface area (Å²) in [5, 5.41) is 10.5. The Bertz CT molecular complexity index is 1410. The molecule has 2 fully saturated rings. The van der Waals surface area contributed by atoms with Gasteiger partial charge in [0.1, 0.15) is 5.75 Å². The SMILES string of the molecule is Nc1ccc(N2CCN(c3ccc(Oc4cc(N5CCN(c6ccc(N)cc6)CC5)ccc4O)cc3)CC2)cc1. The fourth-order valence-corrected chi connectivity index (χ4v) is 5.45. The lowest BCUT2D eigenvalue weighted by molar-refractivity contribution is 0.411. The molecular formula is C32H36N6O2. The molecule has 6 rings (SSSR count). The Hall–Kier alpha value is -4.72. The van der Waals surface area contributed by atoms with Crippen LogP contribution in [0.1, 0.15) is 0 Å². The van der Waals surface area contributed by atoms with Crippen LogP contribution in [0.2, 0.25) is 0 Å². The van der Waals surface area contributed by atoms with Crippen LogP contribution < -0.4 is 35.8 Å². The number of ether oxygens (including phenoxy) is 1. The third kappa shape index (κ3) is 5.66. The zero-order valence-electron chi connectivity index (χ0n) is 22.6. The van der Waals surface area contributed by atoms with Gasteiger partial charge in [0.2, 0.25) is 0 Å². The molecule has 8 heteroatoms. The first-order valence-corrected chi connectivity index (χ1v) is 13.8. The first-order valence-electron chi connectivity index (χ1n) is 13.8. The summed E-state index contributed by atoms with van der Waals surface area (Å²) in [6.45, 7) is 7.39. The lowest BCUT2D eigenvalue weighted by Gasteiger charge is -2.37. The summed E-state index contributed by atoms with van der Waals surface area (Å²) >= 11 is 0. The smallest absolute Gasteiger partial charge is 0.171 e. The fourth-order valence-electron chi connectivity index (χ4n) is 5.45. The van der Waals surface area contributed by atoms with Gasteiger partial charge in [0.05, 0.1) is 0 Å². The Morgan fingerprint density at radius 1 is 0.475 bits per heavy atom. The maximum Gasteiger partial charge on any atom is 0.171 e. The number of nitrogens with two attached hydrogens (primary N) is 2. The molecule has 0 aliphatic carbocycles. The minimum Gasteiger partial charge on any atom is -0.504 e. The van der Waals surface area contributed by atoms with Crippen molar-refractivity contribution in [2.75, 3.05) is 83.4 Å². The van der Waals surface area contributed by atoms with Gasteiger partial charge in [-0.05, 0) is 84.9 Å². The molecule has 4 aromatic carbocycles. The van der Waals surface area contributed by atoms with E-state index in [1.54, 1.807) is 6.07 Å². The van der Waals surface area contributed by atoms with Crippen molar-refractivity contribution < 1.29 is 9.84 Å². The molecule has 0 atom stereocenters. The standard InChI is InChI=1S/C32H36N6O2/c33-24-1-5-26(6-2-24)35-15-17-37(18-16-35)28-9-12-30(13-10-28)40-32-23-29(11-14-31(32)39)38-21-19-36(20-22-38)27-7-3-25(34)4-8-27/h1-14,23,39H,15-22,33-34H2. The molecule has 2 saturated heterocycles. The van der Waals surface area contributed by atoms with E-state index >= 15 is 0 Å². The van der Waals surface area contributed by atoms with Crippen LogP contribution in [0.5, 0.6) is 17.2 Å². The van der Waals surface area contributed by atoms with E-state index in [0.29, 0.717) is 11.5 Å². The third-order valence-corrected chi connectivity index (χ3v) is 7.81. The number of benzene rings is 4. The molecule has 0 unspecified atom stereocenters. The molecule has 206 valence electrons. The fraction of sp³-hybridized carbons (Fsp3) is 0.250. The highest BCUT2D eigenvalue weighted by Crippen LogP contribution is 2.35. The molecular weight excluding hydrogens is 500 g/mol. The van der Waals surface area contributed by atoms with Crippen LogP contribution in [-0.2, 0) is 0 Å². The van der Waals surface area contributed by atoms with Crippen molar-refractivity contribution in [1.82, 2.24) is 0 Å². The van der Waals surface area contributed by atoms with Crippen LogP contribution in [0, 0.1) is 0 Å². The average Bonchev–Trinajstić information content (AvgIpc) is 3.00. The van der Waals surface area contributed by atoms with Crippen molar-refractivity contribution in [1.29, 1.82) is 0 Å². The number of anilines is 6. The first-order chi connectivity index (χ1) is 19.5. The molecule has 0 aromatic heterocycles. The van der Waals surface area contributed by atoms with Crippen LogP contribution in [-0.4, -0.2) is 57.5 Å². The quantitative estimate of drug-likeness (QED) is 0.297. The van der Waals surface area contributed by atoms with E-state index in [2.05, 4.69) is 56.0 Å². The summed E-state index contributed by atoms with van der Waals surface area (Å²) < 4.78 is 6.13. The van der Waals surface area contributed by atoms with Gasteiger partial charge in [-0.25, -0.2) is 0 Å². The maximum absolute atomic E-state index is 10.5. The zero-order chi connectivity index (χ0) is 27.5. The molecule has 0 saturated carbocycles. The topological polar surface area (TPSA) is 94.5 Å². The Labute approximate surface area is 235 Å². The van der Waals surface area contributed by atoms with Crippen molar-refractivity contribution in [2.45, 2.75) is 0 Å². The van der Waals surface area contributed by atoms with Crippen LogP contribution in [0.15, 0.2) is 91.0 Å². The second-order valence-electron chi connectivity index (χ2n) is 10.4.